The molecule has 0 amide bonds. The number of ether oxygens (including phenoxy) is 1. The van der Waals surface area contributed by atoms with Crippen molar-refractivity contribution in [3.05, 3.63) is 49.2 Å². The summed E-state index contributed by atoms with van der Waals surface area (Å²) in [4.78, 5) is 38.6. The van der Waals surface area contributed by atoms with E-state index >= 15 is 0 Å². The van der Waals surface area contributed by atoms with Crippen molar-refractivity contribution in [1.29, 1.82) is 0 Å². The van der Waals surface area contributed by atoms with E-state index in [0.29, 0.717) is 5.52 Å². The summed E-state index contributed by atoms with van der Waals surface area (Å²) in [6, 6.07) is 4.06. The molecule has 1 aromatic heterocycles. The van der Waals surface area contributed by atoms with Crippen LogP contribution in [0.25, 0.3) is 10.9 Å². The van der Waals surface area contributed by atoms with Crippen molar-refractivity contribution < 1.29 is 9.66 Å². The predicted molar refractivity (Wildman–Crippen MR) is 96.8 cm³/mol. The summed E-state index contributed by atoms with van der Waals surface area (Å²) < 4.78 is 7.75. The quantitative estimate of drug-likeness (QED) is 0.581. The molecule has 0 saturated carbocycles. The van der Waals surface area contributed by atoms with Crippen molar-refractivity contribution >= 4 is 16.6 Å². The van der Waals surface area contributed by atoms with Crippen LogP contribution < -0.4 is 11.2 Å². The van der Waals surface area contributed by atoms with Crippen LogP contribution in [-0.4, -0.2) is 52.8 Å². The number of non-ortho nitro benzene ring substituents is 1. The maximum atomic E-state index is 13.0. The number of nitro benzene ring substituents is 1. The Morgan fingerprint density at radius 3 is 2.58 bits per heavy atom. The van der Waals surface area contributed by atoms with Crippen LogP contribution in [0.15, 0.2) is 27.8 Å². The fourth-order valence-electron chi connectivity index (χ4n) is 3.47. The fourth-order valence-corrected chi connectivity index (χ4v) is 3.47. The third-order valence-corrected chi connectivity index (χ3v) is 4.94. The second kappa shape index (κ2) is 7.38. The van der Waals surface area contributed by atoms with Gasteiger partial charge in [-0.2, -0.15) is 0 Å². The Balaban J connectivity index is 2.25. The summed E-state index contributed by atoms with van der Waals surface area (Å²) in [6.45, 7) is 2.02. The number of nitrogens with zero attached hydrogens (tertiary/aromatic N) is 4. The first-order valence-corrected chi connectivity index (χ1v) is 8.55. The van der Waals surface area contributed by atoms with E-state index in [1.54, 1.807) is 4.57 Å². The van der Waals surface area contributed by atoms with Crippen LogP contribution in [-0.2, 0) is 11.3 Å². The third kappa shape index (κ3) is 3.27. The molecule has 9 nitrogen and oxygen atoms in total. The van der Waals surface area contributed by atoms with Crippen LogP contribution in [0.1, 0.15) is 18.9 Å². The molecule has 3 rings (SSSR count). The zero-order valence-corrected chi connectivity index (χ0v) is 14.9. The molecule has 0 spiro atoms. The van der Waals surface area contributed by atoms with E-state index in [4.69, 9.17) is 4.74 Å². The van der Waals surface area contributed by atoms with Gasteiger partial charge in [-0.3, -0.25) is 24.0 Å². The van der Waals surface area contributed by atoms with Gasteiger partial charge in [0.05, 0.1) is 29.0 Å². The first-order valence-electron chi connectivity index (χ1n) is 8.55. The standard InChI is InChI=1S/C17H22N4O5/c1-18-7-5-12(6-8-18)20-15-4-3-13(21(24)25)11-14(15)16(22)19(17(20)23)9-10-26-2/h3-4,11-12H,5-10H2,1-2H3. The molecule has 1 fully saturated rings. The normalized spacial score (nSPS) is 16.2. The topological polar surface area (TPSA) is 99.6 Å². The van der Waals surface area contributed by atoms with Gasteiger partial charge in [-0.05, 0) is 39.0 Å². The molecular formula is C17H22N4O5. The first-order chi connectivity index (χ1) is 12.4. The molecular weight excluding hydrogens is 340 g/mol. The van der Waals surface area contributed by atoms with E-state index in [-0.39, 0.29) is 36.0 Å². The van der Waals surface area contributed by atoms with Gasteiger partial charge in [0.2, 0.25) is 0 Å². The highest BCUT2D eigenvalue weighted by atomic mass is 16.6. The van der Waals surface area contributed by atoms with Crippen molar-refractivity contribution in [3.63, 3.8) is 0 Å². The summed E-state index contributed by atoms with van der Waals surface area (Å²) in [5, 5.41) is 11.3. The van der Waals surface area contributed by atoms with Crippen LogP contribution in [0.2, 0.25) is 0 Å². The van der Waals surface area contributed by atoms with Crippen LogP contribution >= 0.6 is 0 Å². The number of piperidine rings is 1. The van der Waals surface area contributed by atoms with E-state index in [1.165, 1.54) is 25.3 Å². The van der Waals surface area contributed by atoms with Gasteiger partial charge in [-0.1, -0.05) is 0 Å². The van der Waals surface area contributed by atoms with Crippen molar-refractivity contribution in [3.8, 4) is 0 Å². The maximum Gasteiger partial charge on any atom is 0.331 e. The molecule has 0 N–H and O–H groups in total. The smallest absolute Gasteiger partial charge is 0.331 e. The van der Waals surface area contributed by atoms with Gasteiger partial charge in [-0.15, -0.1) is 0 Å². The Bertz CT molecular complexity index is 941. The SMILES string of the molecule is COCCn1c(=O)c2cc([N+](=O)[O-])ccc2n(C2CCN(C)CC2)c1=O. The molecule has 2 aromatic rings. The van der Waals surface area contributed by atoms with Gasteiger partial charge in [0.1, 0.15) is 0 Å². The lowest BCUT2D eigenvalue weighted by atomic mass is 10.0. The van der Waals surface area contributed by atoms with Gasteiger partial charge >= 0.3 is 5.69 Å². The molecule has 0 unspecified atom stereocenters. The molecule has 1 saturated heterocycles. The second-order valence-electron chi connectivity index (χ2n) is 6.60. The molecule has 0 atom stereocenters. The van der Waals surface area contributed by atoms with E-state index < -0.39 is 10.5 Å². The van der Waals surface area contributed by atoms with Gasteiger partial charge in [0, 0.05) is 25.3 Å². The van der Waals surface area contributed by atoms with Gasteiger partial charge in [0.15, 0.2) is 0 Å². The monoisotopic (exact) mass is 362 g/mol. The van der Waals surface area contributed by atoms with Crippen molar-refractivity contribution in [1.82, 2.24) is 14.0 Å². The number of rotatable bonds is 5. The Morgan fingerprint density at radius 2 is 1.96 bits per heavy atom. The summed E-state index contributed by atoms with van der Waals surface area (Å²) in [5.41, 5.74) is -0.617. The van der Waals surface area contributed by atoms with Crippen LogP contribution in [0.5, 0.6) is 0 Å². The van der Waals surface area contributed by atoms with Gasteiger partial charge in [0.25, 0.3) is 11.2 Å². The van der Waals surface area contributed by atoms with E-state index in [9.17, 15) is 19.7 Å². The zero-order chi connectivity index (χ0) is 18.8. The number of hydrogen-bond acceptors (Lipinski definition) is 6. The minimum Gasteiger partial charge on any atom is -0.383 e. The Morgan fingerprint density at radius 1 is 1.27 bits per heavy atom. The number of nitro groups is 1. The molecule has 1 aliphatic heterocycles. The Labute approximate surface area is 149 Å². The van der Waals surface area contributed by atoms with Gasteiger partial charge in [-0.25, -0.2) is 4.79 Å². The highest BCUT2D eigenvalue weighted by molar-refractivity contribution is 5.80. The summed E-state index contributed by atoms with van der Waals surface area (Å²) >= 11 is 0. The minimum atomic E-state index is -0.538. The predicted octanol–water partition coefficient (Wildman–Crippen LogP) is 0.984. The lowest BCUT2D eigenvalue weighted by Crippen LogP contribution is -2.44. The number of fused-ring (bicyclic) bond motifs is 1. The van der Waals surface area contributed by atoms with Crippen LogP contribution in [0.4, 0.5) is 5.69 Å². The number of likely N-dealkylation sites (tertiary alicyclic amines) is 1. The van der Waals surface area contributed by atoms with E-state index in [1.807, 2.05) is 7.05 Å². The minimum absolute atomic E-state index is 0.0444. The molecule has 1 aliphatic rings. The molecule has 0 radical (unpaired) electrons. The summed E-state index contributed by atoms with van der Waals surface area (Å²) in [7, 11) is 3.52. The van der Waals surface area contributed by atoms with Crippen molar-refractivity contribution in [2.75, 3.05) is 33.9 Å². The Kier molecular flexibility index (Phi) is 5.19. The molecule has 0 bridgehead atoms. The van der Waals surface area contributed by atoms with E-state index in [0.717, 1.165) is 30.5 Å². The number of methoxy groups -OCH3 is 1. The third-order valence-electron chi connectivity index (χ3n) is 4.94. The number of hydrogen-bond donors (Lipinski definition) is 0. The average Bonchev–Trinajstić information content (AvgIpc) is 2.63. The average molecular weight is 362 g/mol. The molecule has 2 heterocycles. The lowest BCUT2D eigenvalue weighted by Gasteiger charge is -2.31. The van der Waals surface area contributed by atoms with Crippen molar-refractivity contribution in [2.24, 2.45) is 0 Å². The zero-order valence-electron chi connectivity index (χ0n) is 14.9. The Hall–Kier alpha value is -2.52. The van der Waals surface area contributed by atoms with Gasteiger partial charge < -0.3 is 9.64 Å². The summed E-state index contributed by atoms with van der Waals surface area (Å²) in [6.07, 6.45) is 1.57. The molecule has 140 valence electrons. The largest absolute Gasteiger partial charge is 0.383 e. The number of benzene rings is 1. The molecule has 1 aromatic carbocycles. The van der Waals surface area contributed by atoms with Crippen LogP contribution in [0.3, 0.4) is 0 Å². The van der Waals surface area contributed by atoms with E-state index in [2.05, 4.69) is 4.90 Å². The molecule has 0 aliphatic carbocycles. The second-order valence-corrected chi connectivity index (χ2v) is 6.60. The number of aromatic nitrogens is 2. The molecule has 9 heteroatoms. The highest BCUT2D eigenvalue weighted by Gasteiger charge is 2.24. The first kappa shape index (κ1) is 18.3. The van der Waals surface area contributed by atoms with Crippen molar-refractivity contribution in [2.45, 2.75) is 25.4 Å². The highest BCUT2D eigenvalue weighted by Crippen LogP contribution is 2.25. The fraction of sp³-hybridized carbons (Fsp3) is 0.529. The maximum absolute atomic E-state index is 13.0. The van der Waals surface area contributed by atoms with Crippen LogP contribution in [0, 0.1) is 10.1 Å². The lowest BCUT2D eigenvalue weighted by molar-refractivity contribution is -0.384. The summed E-state index contributed by atoms with van der Waals surface area (Å²) in [5.74, 6) is 0. The molecule has 26 heavy (non-hydrogen) atoms.